The second-order valence-corrected chi connectivity index (χ2v) is 5.53. The fourth-order valence-corrected chi connectivity index (χ4v) is 2.70. The average Bonchev–Trinajstić information content (AvgIpc) is 2.35. The van der Waals surface area contributed by atoms with Crippen molar-refractivity contribution in [3.63, 3.8) is 0 Å². The fraction of sp³-hybridized carbons (Fsp3) is 0.533. The van der Waals surface area contributed by atoms with Gasteiger partial charge in [0.2, 0.25) is 5.91 Å². The molecular weight excluding hydrogens is 238 g/mol. The monoisotopic (exact) mass is 261 g/mol. The molecule has 19 heavy (non-hydrogen) atoms. The highest BCUT2D eigenvalue weighted by Crippen LogP contribution is 2.18. The van der Waals surface area contributed by atoms with E-state index in [1.165, 1.54) is 5.56 Å². The molecule has 0 spiro atoms. The second kappa shape index (κ2) is 5.72. The molecule has 0 radical (unpaired) electrons. The van der Waals surface area contributed by atoms with Gasteiger partial charge >= 0.3 is 0 Å². The molecule has 1 aliphatic rings. The molecule has 4 nitrogen and oxygen atoms in total. The van der Waals surface area contributed by atoms with Crippen LogP contribution in [0.3, 0.4) is 0 Å². The Labute approximate surface area is 115 Å². The summed E-state index contributed by atoms with van der Waals surface area (Å²) in [6, 6.07) is 6.78. The van der Waals surface area contributed by atoms with E-state index in [2.05, 4.69) is 24.1 Å². The van der Waals surface area contributed by atoms with Crippen molar-refractivity contribution in [2.45, 2.75) is 39.4 Å². The van der Waals surface area contributed by atoms with Gasteiger partial charge in [-0.1, -0.05) is 6.07 Å². The van der Waals surface area contributed by atoms with Gasteiger partial charge in [-0.15, -0.1) is 0 Å². The van der Waals surface area contributed by atoms with Crippen LogP contribution in [0.2, 0.25) is 0 Å². The number of carbonyl (C=O) groups excluding carboxylic acids is 1. The van der Waals surface area contributed by atoms with E-state index in [0.29, 0.717) is 17.6 Å². The molecule has 3 N–H and O–H groups in total. The molecule has 0 bridgehead atoms. The largest absolute Gasteiger partial charge is 0.366 e. The smallest absolute Gasteiger partial charge is 0.248 e. The summed E-state index contributed by atoms with van der Waals surface area (Å²) in [5.41, 5.74) is 8.29. The van der Waals surface area contributed by atoms with Crippen molar-refractivity contribution < 1.29 is 4.79 Å². The van der Waals surface area contributed by atoms with Gasteiger partial charge in [0.15, 0.2) is 0 Å². The van der Waals surface area contributed by atoms with E-state index in [-0.39, 0.29) is 5.91 Å². The van der Waals surface area contributed by atoms with Gasteiger partial charge in [0, 0.05) is 37.3 Å². The van der Waals surface area contributed by atoms with E-state index in [1.807, 2.05) is 25.1 Å². The number of primary amides is 1. The first-order valence-electron chi connectivity index (χ1n) is 6.85. The van der Waals surface area contributed by atoms with Crippen LogP contribution in [-0.2, 0) is 6.54 Å². The van der Waals surface area contributed by atoms with Crippen molar-refractivity contribution in [3.8, 4) is 0 Å². The number of aryl methyl sites for hydroxylation is 1. The van der Waals surface area contributed by atoms with Crippen LogP contribution in [-0.4, -0.2) is 36.0 Å². The predicted molar refractivity (Wildman–Crippen MR) is 77.0 cm³/mol. The van der Waals surface area contributed by atoms with Crippen LogP contribution < -0.4 is 11.1 Å². The summed E-state index contributed by atoms with van der Waals surface area (Å²) >= 11 is 0. The Morgan fingerprint density at radius 2 is 2.00 bits per heavy atom. The van der Waals surface area contributed by atoms with Gasteiger partial charge in [-0.05, 0) is 44.0 Å². The maximum Gasteiger partial charge on any atom is 0.248 e. The van der Waals surface area contributed by atoms with Gasteiger partial charge in [0.25, 0.3) is 0 Å². The van der Waals surface area contributed by atoms with Crippen LogP contribution in [0.5, 0.6) is 0 Å². The lowest BCUT2D eigenvalue weighted by molar-refractivity contribution is 0.0999. The summed E-state index contributed by atoms with van der Waals surface area (Å²) in [5, 5.41) is 3.44. The Morgan fingerprint density at radius 1 is 1.37 bits per heavy atom. The Balaban J connectivity index is 2.16. The zero-order valence-electron chi connectivity index (χ0n) is 11.9. The molecule has 0 aliphatic carbocycles. The minimum absolute atomic E-state index is 0.362. The van der Waals surface area contributed by atoms with E-state index < -0.39 is 0 Å². The molecular formula is C15H23N3O. The maximum atomic E-state index is 11.2. The summed E-state index contributed by atoms with van der Waals surface area (Å²) in [5.74, 6) is -0.362. The van der Waals surface area contributed by atoms with Crippen molar-refractivity contribution in [2.75, 3.05) is 13.1 Å². The van der Waals surface area contributed by atoms with Crippen LogP contribution >= 0.6 is 0 Å². The van der Waals surface area contributed by atoms with Gasteiger partial charge in [0.05, 0.1) is 0 Å². The third-order valence-corrected chi connectivity index (χ3v) is 3.99. The van der Waals surface area contributed by atoms with Crippen LogP contribution in [0.25, 0.3) is 0 Å². The lowest BCUT2D eigenvalue weighted by Gasteiger charge is -2.39. The zero-order valence-corrected chi connectivity index (χ0v) is 11.9. The Hall–Kier alpha value is -1.39. The molecule has 0 saturated carbocycles. The molecule has 2 unspecified atom stereocenters. The van der Waals surface area contributed by atoms with Crippen LogP contribution in [0.15, 0.2) is 18.2 Å². The number of amides is 1. The quantitative estimate of drug-likeness (QED) is 0.861. The zero-order chi connectivity index (χ0) is 14.0. The number of carbonyl (C=O) groups is 1. The van der Waals surface area contributed by atoms with Gasteiger partial charge < -0.3 is 11.1 Å². The fourth-order valence-electron chi connectivity index (χ4n) is 2.70. The number of benzene rings is 1. The first-order valence-corrected chi connectivity index (χ1v) is 6.85. The number of hydrogen-bond acceptors (Lipinski definition) is 3. The summed E-state index contributed by atoms with van der Waals surface area (Å²) in [7, 11) is 0. The van der Waals surface area contributed by atoms with Crippen molar-refractivity contribution >= 4 is 5.91 Å². The maximum absolute atomic E-state index is 11.2. The van der Waals surface area contributed by atoms with E-state index in [9.17, 15) is 4.79 Å². The highest BCUT2D eigenvalue weighted by molar-refractivity contribution is 5.93. The minimum atomic E-state index is -0.362. The SMILES string of the molecule is Cc1cc(C(N)=O)ccc1CN1C(C)CNCC1C. The van der Waals surface area contributed by atoms with Gasteiger partial charge in [0.1, 0.15) is 0 Å². The molecule has 2 rings (SSSR count). The molecule has 0 aromatic heterocycles. The normalized spacial score (nSPS) is 24.4. The first kappa shape index (κ1) is 14.0. The average molecular weight is 261 g/mol. The minimum Gasteiger partial charge on any atom is -0.366 e. The van der Waals surface area contributed by atoms with Crippen LogP contribution in [0.4, 0.5) is 0 Å². The van der Waals surface area contributed by atoms with Crippen LogP contribution in [0, 0.1) is 6.92 Å². The Kier molecular flexibility index (Phi) is 4.22. The molecule has 1 aliphatic heterocycles. The lowest BCUT2D eigenvalue weighted by Crippen LogP contribution is -2.54. The summed E-state index contributed by atoms with van der Waals surface area (Å²) < 4.78 is 0. The third kappa shape index (κ3) is 3.14. The second-order valence-electron chi connectivity index (χ2n) is 5.53. The van der Waals surface area contributed by atoms with Crippen LogP contribution in [0.1, 0.15) is 35.3 Å². The number of hydrogen-bond donors (Lipinski definition) is 2. The lowest BCUT2D eigenvalue weighted by atomic mass is 10.0. The van der Waals surface area contributed by atoms with E-state index in [0.717, 1.165) is 25.2 Å². The third-order valence-electron chi connectivity index (χ3n) is 3.99. The highest BCUT2D eigenvalue weighted by atomic mass is 16.1. The van der Waals surface area contributed by atoms with Crippen molar-refractivity contribution in [1.82, 2.24) is 10.2 Å². The Bertz CT molecular complexity index is 462. The van der Waals surface area contributed by atoms with Crippen molar-refractivity contribution in [3.05, 3.63) is 34.9 Å². The number of nitrogens with two attached hydrogens (primary N) is 1. The topological polar surface area (TPSA) is 58.4 Å². The molecule has 1 fully saturated rings. The molecule has 2 atom stereocenters. The van der Waals surface area contributed by atoms with Crippen molar-refractivity contribution in [1.29, 1.82) is 0 Å². The number of piperazine rings is 1. The molecule has 1 amide bonds. The highest BCUT2D eigenvalue weighted by Gasteiger charge is 2.24. The predicted octanol–water partition coefficient (Wildman–Crippen LogP) is 1.28. The van der Waals surface area contributed by atoms with Gasteiger partial charge in [-0.25, -0.2) is 0 Å². The summed E-state index contributed by atoms with van der Waals surface area (Å²) in [4.78, 5) is 13.7. The molecule has 104 valence electrons. The molecule has 1 heterocycles. The molecule has 1 aromatic carbocycles. The molecule has 1 aromatic rings. The van der Waals surface area contributed by atoms with E-state index >= 15 is 0 Å². The molecule has 4 heteroatoms. The van der Waals surface area contributed by atoms with Crippen molar-refractivity contribution in [2.24, 2.45) is 5.73 Å². The number of nitrogens with zero attached hydrogens (tertiary/aromatic N) is 1. The number of rotatable bonds is 3. The standard InChI is InChI=1S/C15H23N3O/c1-10-6-13(15(16)19)4-5-14(10)9-18-11(2)7-17-8-12(18)3/h4-6,11-12,17H,7-9H2,1-3H3,(H2,16,19). The number of nitrogens with one attached hydrogen (secondary N) is 1. The Morgan fingerprint density at radius 3 is 2.53 bits per heavy atom. The van der Waals surface area contributed by atoms with Gasteiger partial charge in [-0.2, -0.15) is 0 Å². The first-order chi connectivity index (χ1) is 8.99. The summed E-state index contributed by atoms with van der Waals surface area (Å²) in [6.45, 7) is 9.52. The summed E-state index contributed by atoms with van der Waals surface area (Å²) in [6.07, 6.45) is 0. The molecule has 1 saturated heterocycles. The van der Waals surface area contributed by atoms with Gasteiger partial charge in [-0.3, -0.25) is 9.69 Å². The van der Waals surface area contributed by atoms with E-state index in [1.54, 1.807) is 0 Å². The van der Waals surface area contributed by atoms with E-state index in [4.69, 9.17) is 5.73 Å².